The first-order valence-corrected chi connectivity index (χ1v) is 7.80. The number of aliphatic hydroxyl groups is 1. The first-order valence-electron chi connectivity index (χ1n) is 6.92. The Morgan fingerprint density at radius 3 is 2.89 bits per heavy atom. The second-order valence-electron chi connectivity index (χ2n) is 5.52. The third-order valence-corrected chi connectivity index (χ3v) is 4.84. The summed E-state index contributed by atoms with van der Waals surface area (Å²) >= 11 is 1.73. The minimum absolute atomic E-state index is 0.0995. The second-order valence-corrected chi connectivity index (χ2v) is 6.46. The van der Waals surface area contributed by atoms with Crippen molar-refractivity contribution < 1.29 is 5.11 Å². The predicted octanol–water partition coefficient (Wildman–Crippen LogP) is 2.82. The highest BCUT2D eigenvalue weighted by atomic mass is 32.1. The van der Waals surface area contributed by atoms with Gasteiger partial charge in [0.1, 0.15) is 0 Å². The van der Waals surface area contributed by atoms with Gasteiger partial charge in [-0.25, -0.2) is 4.98 Å². The van der Waals surface area contributed by atoms with Crippen molar-refractivity contribution in [2.75, 3.05) is 13.6 Å². The van der Waals surface area contributed by atoms with E-state index in [1.165, 1.54) is 30.6 Å². The van der Waals surface area contributed by atoms with Gasteiger partial charge in [0, 0.05) is 18.0 Å². The van der Waals surface area contributed by atoms with Crippen LogP contribution in [0.25, 0.3) is 0 Å². The molecular formula is C14H24N2OS. The van der Waals surface area contributed by atoms with Crippen molar-refractivity contribution in [3.05, 3.63) is 16.1 Å². The normalized spacial score (nSPS) is 25.3. The highest BCUT2D eigenvalue weighted by molar-refractivity contribution is 7.09. The van der Waals surface area contributed by atoms with Crippen LogP contribution in [-0.4, -0.2) is 34.7 Å². The monoisotopic (exact) mass is 268 g/mol. The van der Waals surface area contributed by atoms with Crippen LogP contribution in [0, 0.1) is 12.8 Å². The van der Waals surface area contributed by atoms with Crippen LogP contribution in [-0.2, 0) is 6.54 Å². The van der Waals surface area contributed by atoms with E-state index < -0.39 is 0 Å². The van der Waals surface area contributed by atoms with Crippen LogP contribution in [0.15, 0.2) is 5.51 Å². The Morgan fingerprint density at radius 2 is 2.17 bits per heavy atom. The molecule has 1 heterocycles. The first kappa shape index (κ1) is 14.0. The fourth-order valence-electron chi connectivity index (χ4n) is 2.77. The molecule has 0 amide bonds. The van der Waals surface area contributed by atoms with Crippen LogP contribution >= 0.6 is 11.3 Å². The zero-order chi connectivity index (χ0) is 13.0. The van der Waals surface area contributed by atoms with Crippen LogP contribution in [0.2, 0.25) is 0 Å². The highest BCUT2D eigenvalue weighted by Crippen LogP contribution is 2.25. The van der Waals surface area contributed by atoms with Gasteiger partial charge in [-0.2, -0.15) is 0 Å². The number of thiazole rings is 1. The summed E-state index contributed by atoms with van der Waals surface area (Å²) in [6.07, 6.45) is 5.80. The maximum Gasteiger partial charge on any atom is 0.0798 e. The molecule has 4 heteroatoms. The van der Waals surface area contributed by atoms with Crippen molar-refractivity contribution in [3.8, 4) is 0 Å². The second kappa shape index (κ2) is 6.64. The third-order valence-electron chi connectivity index (χ3n) is 3.92. The zero-order valence-electron chi connectivity index (χ0n) is 11.4. The molecule has 0 spiro atoms. The van der Waals surface area contributed by atoms with Crippen molar-refractivity contribution in [3.63, 3.8) is 0 Å². The van der Waals surface area contributed by atoms with E-state index in [4.69, 9.17) is 0 Å². The lowest BCUT2D eigenvalue weighted by molar-refractivity contribution is 0.0782. The lowest BCUT2D eigenvalue weighted by Crippen LogP contribution is -2.32. The molecule has 0 aliphatic heterocycles. The summed E-state index contributed by atoms with van der Waals surface area (Å²) in [5.41, 5.74) is 3.06. The minimum atomic E-state index is -0.0995. The van der Waals surface area contributed by atoms with Crippen LogP contribution in [0.1, 0.15) is 42.7 Å². The molecule has 2 rings (SSSR count). The molecule has 0 radical (unpaired) electrons. The largest absolute Gasteiger partial charge is 0.393 e. The summed E-state index contributed by atoms with van der Waals surface area (Å²) in [5.74, 6) is 0.450. The molecule has 0 aromatic carbocycles. The summed E-state index contributed by atoms with van der Waals surface area (Å²) in [6.45, 7) is 4.03. The lowest BCUT2D eigenvalue weighted by Gasteiger charge is -2.26. The topological polar surface area (TPSA) is 36.4 Å². The quantitative estimate of drug-likeness (QED) is 0.853. The molecule has 0 bridgehead atoms. The summed E-state index contributed by atoms with van der Waals surface area (Å²) in [7, 11) is 2.15. The van der Waals surface area contributed by atoms with E-state index >= 15 is 0 Å². The van der Waals surface area contributed by atoms with Crippen LogP contribution in [0.5, 0.6) is 0 Å². The van der Waals surface area contributed by atoms with E-state index in [1.54, 1.807) is 11.3 Å². The van der Waals surface area contributed by atoms with Gasteiger partial charge in [0.05, 0.1) is 17.3 Å². The Hall–Kier alpha value is -0.450. The van der Waals surface area contributed by atoms with Crippen LogP contribution in [0.4, 0.5) is 0 Å². The molecule has 1 N–H and O–H groups in total. The molecule has 18 heavy (non-hydrogen) atoms. The predicted molar refractivity (Wildman–Crippen MR) is 75.8 cm³/mol. The summed E-state index contributed by atoms with van der Waals surface area (Å²) in [5, 5.41) is 10.1. The van der Waals surface area contributed by atoms with E-state index in [-0.39, 0.29) is 6.10 Å². The molecule has 1 aliphatic carbocycles. The van der Waals surface area contributed by atoms with Crippen LogP contribution in [0.3, 0.4) is 0 Å². The van der Waals surface area contributed by atoms with E-state index in [0.717, 1.165) is 25.2 Å². The molecule has 0 saturated heterocycles. The smallest absolute Gasteiger partial charge is 0.0798 e. The van der Waals surface area contributed by atoms with E-state index in [2.05, 4.69) is 23.9 Å². The van der Waals surface area contributed by atoms with Crippen molar-refractivity contribution in [1.82, 2.24) is 9.88 Å². The van der Waals surface area contributed by atoms with Gasteiger partial charge in [0.25, 0.3) is 0 Å². The molecule has 1 aliphatic rings. The Balaban J connectivity index is 1.86. The van der Waals surface area contributed by atoms with Crippen molar-refractivity contribution >= 4 is 11.3 Å². The van der Waals surface area contributed by atoms with Gasteiger partial charge in [-0.3, -0.25) is 0 Å². The van der Waals surface area contributed by atoms with E-state index in [1.807, 2.05) is 5.51 Å². The molecule has 1 aromatic rings. The fraction of sp³-hybridized carbons (Fsp3) is 0.786. The van der Waals surface area contributed by atoms with Gasteiger partial charge in [-0.05, 0) is 32.7 Å². The van der Waals surface area contributed by atoms with Gasteiger partial charge < -0.3 is 10.0 Å². The molecule has 2 atom stereocenters. The molecular weight excluding hydrogens is 244 g/mol. The molecule has 3 nitrogen and oxygen atoms in total. The third kappa shape index (κ3) is 3.77. The maximum atomic E-state index is 10.1. The lowest BCUT2D eigenvalue weighted by atomic mass is 9.97. The average molecular weight is 268 g/mol. The minimum Gasteiger partial charge on any atom is -0.393 e. The number of nitrogens with zero attached hydrogens (tertiary/aromatic N) is 2. The molecule has 102 valence electrons. The van der Waals surface area contributed by atoms with Crippen molar-refractivity contribution in [2.45, 2.75) is 51.7 Å². The van der Waals surface area contributed by atoms with Gasteiger partial charge in [0.2, 0.25) is 0 Å². The fourth-order valence-corrected chi connectivity index (χ4v) is 3.62. The number of aromatic nitrogens is 1. The zero-order valence-corrected chi connectivity index (χ0v) is 12.2. The summed E-state index contributed by atoms with van der Waals surface area (Å²) in [6, 6.07) is 0. The Bertz CT molecular complexity index is 366. The Morgan fingerprint density at radius 1 is 1.39 bits per heavy atom. The average Bonchev–Trinajstić information content (AvgIpc) is 2.61. The standard InChI is InChI=1S/C14H24N2OS/c1-11-14(18-10-15-11)9-16(2)8-12-6-4-3-5-7-13(12)17/h10,12-13,17H,3-9H2,1-2H3. The maximum absolute atomic E-state index is 10.1. The van der Waals surface area contributed by atoms with E-state index in [9.17, 15) is 5.11 Å². The van der Waals surface area contributed by atoms with Gasteiger partial charge in [-0.1, -0.05) is 19.3 Å². The van der Waals surface area contributed by atoms with Crippen LogP contribution < -0.4 is 0 Å². The molecule has 1 fully saturated rings. The number of hydrogen-bond acceptors (Lipinski definition) is 4. The number of hydrogen-bond donors (Lipinski definition) is 1. The summed E-state index contributed by atoms with van der Waals surface area (Å²) in [4.78, 5) is 7.97. The SMILES string of the molecule is Cc1ncsc1CN(C)CC1CCCCCC1O. The molecule has 1 saturated carbocycles. The number of aryl methyl sites for hydroxylation is 1. The number of aliphatic hydroxyl groups excluding tert-OH is 1. The highest BCUT2D eigenvalue weighted by Gasteiger charge is 2.23. The van der Waals surface area contributed by atoms with Gasteiger partial charge >= 0.3 is 0 Å². The van der Waals surface area contributed by atoms with Gasteiger partial charge in [0.15, 0.2) is 0 Å². The molecule has 2 unspecified atom stereocenters. The molecule has 1 aromatic heterocycles. The Labute approximate surface area is 114 Å². The number of rotatable bonds is 4. The first-order chi connectivity index (χ1) is 8.66. The summed E-state index contributed by atoms with van der Waals surface area (Å²) < 4.78 is 0. The Kier molecular flexibility index (Phi) is 5.15. The van der Waals surface area contributed by atoms with Gasteiger partial charge in [-0.15, -0.1) is 11.3 Å². The van der Waals surface area contributed by atoms with Crippen molar-refractivity contribution in [2.24, 2.45) is 5.92 Å². The van der Waals surface area contributed by atoms with Crippen molar-refractivity contribution in [1.29, 1.82) is 0 Å². The van der Waals surface area contributed by atoms with E-state index in [0.29, 0.717) is 5.92 Å².